The third-order valence-electron chi connectivity index (χ3n) is 10.9. The lowest BCUT2D eigenvalue weighted by Crippen LogP contribution is -3.00. The smallest absolute Gasteiger partial charge is 0.0786 e. The molecular weight excluding hydrogens is 692 g/mol. The van der Waals surface area contributed by atoms with E-state index in [9.17, 15) is 0 Å². The molecule has 0 amide bonds. The molecule has 0 aliphatic heterocycles. The highest BCUT2D eigenvalue weighted by molar-refractivity contribution is 4.55. The Balaban J connectivity index is -0.00000924. The second-order valence-corrected chi connectivity index (χ2v) is 15.3. The van der Waals surface area contributed by atoms with Crippen molar-refractivity contribution in [2.24, 2.45) is 0 Å². The average molecular weight is 783 g/mol. The van der Waals surface area contributed by atoms with Gasteiger partial charge in [0.2, 0.25) is 0 Å². The molecule has 4 heteroatoms. The summed E-state index contributed by atoms with van der Waals surface area (Å²) < 4.78 is 2.91. The summed E-state index contributed by atoms with van der Waals surface area (Å²) >= 11 is 0. The van der Waals surface area contributed by atoms with Crippen LogP contribution in [0.4, 0.5) is 0 Å². The van der Waals surface area contributed by atoms with Crippen molar-refractivity contribution in [2.75, 3.05) is 52.4 Å². The van der Waals surface area contributed by atoms with E-state index in [0.717, 1.165) is 0 Å². The third kappa shape index (κ3) is 29.8. The van der Waals surface area contributed by atoms with Crippen LogP contribution in [-0.2, 0) is 0 Å². The minimum Gasteiger partial charge on any atom is -1.00 e. The molecule has 0 N–H and O–H groups in total. The second-order valence-electron chi connectivity index (χ2n) is 15.3. The Morgan fingerprint density at radius 1 is 0.196 bits per heavy atom. The molecule has 0 fully saturated rings. The number of halogens is 2. The zero-order chi connectivity index (χ0) is 32.5. The average Bonchev–Trinajstić information content (AvgIpc) is 3.02. The van der Waals surface area contributed by atoms with Gasteiger partial charge in [-0.2, -0.15) is 0 Å². The van der Waals surface area contributed by atoms with Gasteiger partial charge in [-0.1, -0.05) is 119 Å². The van der Waals surface area contributed by atoms with Crippen LogP contribution in [0.2, 0.25) is 0 Å². The van der Waals surface area contributed by atoms with E-state index in [1.807, 2.05) is 0 Å². The number of hydrogen-bond acceptors (Lipinski definition) is 0. The molecule has 0 saturated carbocycles. The first-order chi connectivity index (χ1) is 21.6. The standard InChI is InChI=1S/C42H90N2.2BrH/c1-7-13-27-35-43(36-28-14-8-2,37-29-15-9-3)41-33-25-23-21-19-20-22-24-26-34-42-44(38-30-16-10-4,39-31-17-11-5)40-32-18-12-6;;/h7-42H2,1-6H3;2*1H/q+2;;/p-2. The van der Waals surface area contributed by atoms with Gasteiger partial charge in [0.15, 0.2) is 0 Å². The summed E-state index contributed by atoms with van der Waals surface area (Å²) in [6, 6.07) is 0. The van der Waals surface area contributed by atoms with Crippen LogP contribution in [0.25, 0.3) is 0 Å². The summed E-state index contributed by atoms with van der Waals surface area (Å²) in [5, 5.41) is 0. The van der Waals surface area contributed by atoms with E-state index in [1.165, 1.54) is 241 Å². The van der Waals surface area contributed by atoms with Crippen LogP contribution >= 0.6 is 0 Å². The number of rotatable bonds is 37. The van der Waals surface area contributed by atoms with Gasteiger partial charge in [-0.05, 0) is 103 Å². The van der Waals surface area contributed by atoms with Crippen molar-refractivity contribution < 1.29 is 42.9 Å². The van der Waals surface area contributed by atoms with Gasteiger partial charge in [-0.3, -0.25) is 0 Å². The van der Waals surface area contributed by atoms with Crippen molar-refractivity contribution in [1.82, 2.24) is 0 Å². The molecule has 46 heavy (non-hydrogen) atoms. The molecule has 0 radical (unpaired) electrons. The number of quaternary nitrogens is 2. The predicted octanol–water partition coefficient (Wildman–Crippen LogP) is 7.67. The molecular formula is C42H90Br2N2. The Morgan fingerprint density at radius 2 is 0.326 bits per heavy atom. The Kier molecular flexibility index (Phi) is 43.1. The monoisotopic (exact) mass is 781 g/mol. The third-order valence-corrected chi connectivity index (χ3v) is 10.9. The lowest BCUT2D eigenvalue weighted by Gasteiger charge is -2.39. The van der Waals surface area contributed by atoms with Crippen molar-refractivity contribution in [2.45, 2.75) is 221 Å². The Labute approximate surface area is 315 Å². The molecule has 0 rings (SSSR count). The molecule has 2 nitrogen and oxygen atoms in total. The van der Waals surface area contributed by atoms with Crippen molar-refractivity contribution in [3.63, 3.8) is 0 Å². The Morgan fingerprint density at radius 3 is 0.478 bits per heavy atom. The zero-order valence-electron chi connectivity index (χ0n) is 33.1. The normalized spacial score (nSPS) is 11.9. The second kappa shape index (κ2) is 38.7. The predicted molar refractivity (Wildman–Crippen MR) is 203 cm³/mol. The van der Waals surface area contributed by atoms with Gasteiger partial charge in [0.05, 0.1) is 52.4 Å². The molecule has 0 atom stereocenters. The van der Waals surface area contributed by atoms with E-state index in [-0.39, 0.29) is 34.0 Å². The highest BCUT2D eigenvalue weighted by Gasteiger charge is 2.26. The van der Waals surface area contributed by atoms with E-state index < -0.39 is 0 Å². The van der Waals surface area contributed by atoms with Crippen LogP contribution in [0.5, 0.6) is 0 Å². The fourth-order valence-electron chi connectivity index (χ4n) is 7.83. The fourth-order valence-corrected chi connectivity index (χ4v) is 7.83. The van der Waals surface area contributed by atoms with Crippen LogP contribution in [0, 0.1) is 0 Å². The van der Waals surface area contributed by atoms with E-state index in [1.54, 1.807) is 0 Å². The topological polar surface area (TPSA) is 0 Å². The summed E-state index contributed by atoms with van der Waals surface area (Å²) in [7, 11) is 0. The molecule has 0 aromatic carbocycles. The lowest BCUT2D eigenvalue weighted by molar-refractivity contribution is -0.929. The first-order valence-electron chi connectivity index (χ1n) is 21.3. The molecule has 0 aliphatic rings. The van der Waals surface area contributed by atoms with Gasteiger partial charge in [0.1, 0.15) is 0 Å². The maximum absolute atomic E-state index is 2.37. The molecule has 0 spiro atoms. The van der Waals surface area contributed by atoms with Gasteiger partial charge in [-0.25, -0.2) is 0 Å². The summed E-state index contributed by atoms with van der Waals surface area (Å²) in [4.78, 5) is 0. The summed E-state index contributed by atoms with van der Waals surface area (Å²) in [5.74, 6) is 0. The van der Waals surface area contributed by atoms with Gasteiger partial charge < -0.3 is 42.9 Å². The highest BCUT2D eigenvalue weighted by atomic mass is 79.9. The lowest BCUT2D eigenvalue weighted by atomic mass is 10.0. The van der Waals surface area contributed by atoms with Gasteiger partial charge in [-0.15, -0.1) is 0 Å². The SMILES string of the molecule is CCCCC[N+](CCCCC)(CCCCC)CCCCCCCCCCCC[N+](CCCCC)(CCCCC)CCCCC.[Br-].[Br-]. The number of hydrogen-bond donors (Lipinski definition) is 0. The number of nitrogens with zero attached hydrogens (tertiary/aromatic N) is 2. The largest absolute Gasteiger partial charge is 1.00 e. The summed E-state index contributed by atoms with van der Waals surface area (Å²) in [6.45, 7) is 25.9. The van der Waals surface area contributed by atoms with Gasteiger partial charge in [0.25, 0.3) is 0 Å². The minimum absolute atomic E-state index is 0. The van der Waals surface area contributed by atoms with E-state index >= 15 is 0 Å². The van der Waals surface area contributed by atoms with Crippen LogP contribution in [0.3, 0.4) is 0 Å². The maximum atomic E-state index is 2.37. The molecule has 0 aromatic rings. The van der Waals surface area contributed by atoms with Gasteiger partial charge >= 0.3 is 0 Å². The van der Waals surface area contributed by atoms with Crippen molar-refractivity contribution in [1.29, 1.82) is 0 Å². The quantitative estimate of drug-likeness (QED) is 0.0449. The van der Waals surface area contributed by atoms with Crippen molar-refractivity contribution >= 4 is 0 Å². The molecule has 0 aromatic heterocycles. The fraction of sp³-hybridized carbons (Fsp3) is 1.00. The van der Waals surface area contributed by atoms with E-state index in [4.69, 9.17) is 0 Å². The van der Waals surface area contributed by atoms with Crippen LogP contribution in [0.1, 0.15) is 221 Å². The molecule has 0 aliphatic carbocycles. The van der Waals surface area contributed by atoms with Gasteiger partial charge in [0, 0.05) is 0 Å². The maximum Gasteiger partial charge on any atom is 0.0786 e. The van der Waals surface area contributed by atoms with E-state index in [2.05, 4.69) is 41.5 Å². The highest BCUT2D eigenvalue weighted by Crippen LogP contribution is 2.21. The molecule has 282 valence electrons. The Hall–Kier alpha value is 0.880. The first-order valence-corrected chi connectivity index (χ1v) is 21.3. The zero-order valence-corrected chi connectivity index (χ0v) is 36.3. The van der Waals surface area contributed by atoms with E-state index in [0.29, 0.717) is 0 Å². The van der Waals surface area contributed by atoms with Crippen LogP contribution < -0.4 is 34.0 Å². The molecule has 0 heterocycles. The molecule has 0 unspecified atom stereocenters. The Bertz CT molecular complexity index is 455. The number of unbranched alkanes of at least 4 members (excludes halogenated alkanes) is 21. The summed E-state index contributed by atoms with van der Waals surface area (Å²) in [6.07, 6.45) is 40.2. The first kappa shape index (κ1) is 51.3. The van der Waals surface area contributed by atoms with Crippen LogP contribution in [0.15, 0.2) is 0 Å². The molecule has 0 saturated heterocycles. The summed E-state index contributed by atoms with van der Waals surface area (Å²) in [5.41, 5.74) is 0. The van der Waals surface area contributed by atoms with Crippen molar-refractivity contribution in [3.05, 3.63) is 0 Å². The molecule has 0 bridgehead atoms. The van der Waals surface area contributed by atoms with Crippen LogP contribution in [-0.4, -0.2) is 61.3 Å². The van der Waals surface area contributed by atoms with Crippen molar-refractivity contribution in [3.8, 4) is 0 Å². The minimum atomic E-state index is 0.